The monoisotopic (exact) mass is 345 g/mol. The van der Waals surface area contributed by atoms with Crippen LogP contribution in [0.25, 0.3) is 10.2 Å². The van der Waals surface area contributed by atoms with Crippen molar-refractivity contribution in [3.05, 3.63) is 16.8 Å². The number of amides is 1. The first-order valence-corrected chi connectivity index (χ1v) is 9.72. The van der Waals surface area contributed by atoms with Crippen LogP contribution in [0.2, 0.25) is 0 Å². The van der Waals surface area contributed by atoms with Crippen LogP contribution in [0.5, 0.6) is 5.88 Å². The van der Waals surface area contributed by atoms with Gasteiger partial charge in [-0.1, -0.05) is 6.42 Å². The Bertz CT molecular complexity index is 752. The van der Waals surface area contributed by atoms with Gasteiger partial charge in [-0.3, -0.25) is 4.79 Å². The highest BCUT2D eigenvalue weighted by Crippen LogP contribution is 2.41. The van der Waals surface area contributed by atoms with Crippen LogP contribution in [0, 0.1) is 5.92 Å². The summed E-state index contributed by atoms with van der Waals surface area (Å²) in [7, 11) is 0. The average molecular weight is 345 g/mol. The van der Waals surface area contributed by atoms with Crippen LogP contribution in [-0.4, -0.2) is 22.0 Å². The highest BCUT2D eigenvalue weighted by molar-refractivity contribution is 7.18. The standard InChI is InChI=1S/C18H23N3O2S/c19-15(22)9-11-6-7-14-13(8-11)16-17(20-10-21-18(16)24-14)23-12-4-2-1-3-5-12/h10-12H,1-9H2,(H2,19,22). The van der Waals surface area contributed by atoms with Gasteiger partial charge in [-0.15, -0.1) is 11.3 Å². The van der Waals surface area contributed by atoms with E-state index >= 15 is 0 Å². The molecule has 0 aliphatic heterocycles. The molecular formula is C18H23N3O2S. The van der Waals surface area contributed by atoms with Crippen molar-refractivity contribution in [2.75, 3.05) is 0 Å². The summed E-state index contributed by atoms with van der Waals surface area (Å²) in [4.78, 5) is 22.6. The Balaban J connectivity index is 1.66. The number of fused-ring (bicyclic) bond motifs is 3. The van der Waals surface area contributed by atoms with Gasteiger partial charge in [-0.25, -0.2) is 9.97 Å². The zero-order valence-electron chi connectivity index (χ0n) is 13.8. The molecule has 1 amide bonds. The fourth-order valence-corrected chi connectivity index (χ4v) is 5.21. The van der Waals surface area contributed by atoms with E-state index in [1.165, 1.54) is 29.7 Å². The van der Waals surface area contributed by atoms with E-state index in [1.54, 1.807) is 17.7 Å². The van der Waals surface area contributed by atoms with E-state index < -0.39 is 0 Å². The average Bonchev–Trinajstić information content (AvgIpc) is 2.94. The van der Waals surface area contributed by atoms with Crippen molar-refractivity contribution in [2.45, 2.75) is 63.9 Å². The van der Waals surface area contributed by atoms with Crippen LogP contribution >= 0.6 is 11.3 Å². The van der Waals surface area contributed by atoms with E-state index in [0.717, 1.165) is 48.2 Å². The number of aryl methyl sites for hydroxylation is 1. The maximum Gasteiger partial charge on any atom is 0.225 e. The fraction of sp³-hybridized carbons (Fsp3) is 0.611. The maximum atomic E-state index is 11.3. The quantitative estimate of drug-likeness (QED) is 0.921. The lowest BCUT2D eigenvalue weighted by Gasteiger charge is -2.24. The lowest BCUT2D eigenvalue weighted by atomic mass is 9.85. The van der Waals surface area contributed by atoms with Crippen molar-refractivity contribution in [1.82, 2.24) is 9.97 Å². The lowest BCUT2D eigenvalue weighted by molar-refractivity contribution is -0.119. The third kappa shape index (κ3) is 3.11. The molecule has 0 bridgehead atoms. The first-order chi connectivity index (χ1) is 11.7. The molecule has 24 heavy (non-hydrogen) atoms. The Kier molecular flexibility index (Phi) is 4.39. The summed E-state index contributed by atoms with van der Waals surface area (Å²) in [6.07, 6.45) is 11.3. The molecule has 2 aliphatic carbocycles. The molecular weight excluding hydrogens is 322 g/mol. The van der Waals surface area contributed by atoms with Crippen molar-refractivity contribution in [3.63, 3.8) is 0 Å². The smallest absolute Gasteiger partial charge is 0.225 e. The zero-order valence-corrected chi connectivity index (χ0v) is 14.6. The van der Waals surface area contributed by atoms with Gasteiger partial charge in [-0.2, -0.15) is 0 Å². The molecule has 0 radical (unpaired) electrons. The molecule has 0 aromatic carbocycles. The van der Waals surface area contributed by atoms with Crippen molar-refractivity contribution in [1.29, 1.82) is 0 Å². The van der Waals surface area contributed by atoms with Crippen LogP contribution in [0.3, 0.4) is 0 Å². The number of nitrogens with two attached hydrogens (primary N) is 1. The topological polar surface area (TPSA) is 78.1 Å². The van der Waals surface area contributed by atoms with E-state index in [0.29, 0.717) is 12.3 Å². The number of ether oxygens (including phenoxy) is 1. The molecule has 128 valence electrons. The summed E-state index contributed by atoms with van der Waals surface area (Å²) < 4.78 is 6.27. The molecule has 2 heterocycles. The van der Waals surface area contributed by atoms with E-state index in [9.17, 15) is 4.79 Å². The van der Waals surface area contributed by atoms with Gasteiger partial charge in [0.15, 0.2) is 0 Å². The predicted molar refractivity (Wildman–Crippen MR) is 94.2 cm³/mol. The highest BCUT2D eigenvalue weighted by atomic mass is 32.1. The Labute approximate surface area is 145 Å². The predicted octanol–water partition coefficient (Wildman–Crippen LogP) is 3.38. The number of thiophene rings is 1. The molecule has 2 N–H and O–H groups in total. The third-order valence-corrected chi connectivity index (χ3v) is 6.43. The Morgan fingerprint density at radius 3 is 2.88 bits per heavy atom. The van der Waals surface area contributed by atoms with Gasteiger partial charge < -0.3 is 10.5 Å². The summed E-state index contributed by atoms with van der Waals surface area (Å²) in [6, 6.07) is 0. The molecule has 2 aromatic heterocycles. The third-order valence-electron chi connectivity index (χ3n) is 5.23. The number of rotatable bonds is 4. The summed E-state index contributed by atoms with van der Waals surface area (Å²) >= 11 is 1.75. The molecule has 6 heteroatoms. The van der Waals surface area contributed by atoms with Gasteiger partial charge >= 0.3 is 0 Å². The second-order valence-corrected chi connectivity index (χ2v) is 8.10. The zero-order chi connectivity index (χ0) is 16.5. The van der Waals surface area contributed by atoms with Gasteiger partial charge in [0, 0.05) is 11.3 Å². The van der Waals surface area contributed by atoms with Gasteiger partial charge in [0.05, 0.1) is 5.39 Å². The summed E-state index contributed by atoms with van der Waals surface area (Å²) in [6.45, 7) is 0. The molecule has 4 rings (SSSR count). The normalized spacial score (nSPS) is 21.6. The maximum absolute atomic E-state index is 11.3. The first kappa shape index (κ1) is 15.8. The molecule has 0 spiro atoms. The number of carbonyl (C=O) groups excluding carboxylic acids is 1. The van der Waals surface area contributed by atoms with Gasteiger partial charge in [0.1, 0.15) is 17.3 Å². The molecule has 0 saturated heterocycles. The van der Waals surface area contributed by atoms with Crippen LogP contribution in [-0.2, 0) is 17.6 Å². The Morgan fingerprint density at radius 1 is 1.25 bits per heavy atom. The van der Waals surface area contributed by atoms with Crippen molar-refractivity contribution in [2.24, 2.45) is 11.7 Å². The van der Waals surface area contributed by atoms with Crippen molar-refractivity contribution in [3.8, 4) is 5.88 Å². The number of hydrogen-bond donors (Lipinski definition) is 1. The van der Waals surface area contributed by atoms with Crippen LogP contribution < -0.4 is 10.5 Å². The fourth-order valence-electron chi connectivity index (χ4n) is 4.04. The Hall–Kier alpha value is -1.69. The molecule has 1 fully saturated rings. The van der Waals surface area contributed by atoms with E-state index in [-0.39, 0.29) is 12.0 Å². The summed E-state index contributed by atoms with van der Waals surface area (Å²) in [5.74, 6) is 0.859. The molecule has 2 aliphatic rings. The number of nitrogens with zero attached hydrogens (tertiary/aromatic N) is 2. The first-order valence-electron chi connectivity index (χ1n) is 8.91. The van der Waals surface area contributed by atoms with Gasteiger partial charge in [-0.05, 0) is 56.4 Å². The molecule has 1 atom stereocenters. The minimum atomic E-state index is -0.210. The minimum absolute atomic E-state index is 0.210. The van der Waals surface area contributed by atoms with Crippen molar-refractivity contribution >= 4 is 27.5 Å². The molecule has 5 nitrogen and oxygen atoms in total. The van der Waals surface area contributed by atoms with E-state index in [4.69, 9.17) is 10.5 Å². The highest BCUT2D eigenvalue weighted by Gasteiger charge is 2.27. The molecule has 1 unspecified atom stereocenters. The largest absolute Gasteiger partial charge is 0.474 e. The second kappa shape index (κ2) is 6.67. The van der Waals surface area contributed by atoms with Crippen LogP contribution in [0.15, 0.2) is 6.33 Å². The second-order valence-electron chi connectivity index (χ2n) is 7.02. The number of aromatic nitrogens is 2. The minimum Gasteiger partial charge on any atom is -0.474 e. The summed E-state index contributed by atoms with van der Waals surface area (Å²) in [5, 5.41) is 1.08. The van der Waals surface area contributed by atoms with Gasteiger partial charge in [0.25, 0.3) is 0 Å². The SMILES string of the molecule is NC(=O)CC1CCc2sc3ncnc(OC4CCCCC4)c3c2C1. The van der Waals surface area contributed by atoms with E-state index in [1.807, 2.05) is 0 Å². The number of hydrogen-bond acceptors (Lipinski definition) is 5. The number of primary amides is 1. The lowest BCUT2D eigenvalue weighted by Crippen LogP contribution is -2.22. The van der Waals surface area contributed by atoms with Crippen molar-refractivity contribution < 1.29 is 9.53 Å². The van der Waals surface area contributed by atoms with Crippen LogP contribution in [0.1, 0.15) is 55.4 Å². The summed E-state index contributed by atoms with van der Waals surface area (Å²) in [5.41, 5.74) is 6.69. The van der Waals surface area contributed by atoms with E-state index in [2.05, 4.69) is 9.97 Å². The van der Waals surface area contributed by atoms with Crippen LogP contribution in [0.4, 0.5) is 0 Å². The van der Waals surface area contributed by atoms with Gasteiger partial charge in [0.2, 0.25) is 11.8 Å². The molecule has 2 aromatic rings. The Morgan fingerprint density at radius 2 is 2.08 bits per heavy atom. The number of carbonyl (C=O) groups is 1. The molecule has 1 saturated carbocycles.